The molecule has 2 rings (SSSR count). The number of pyridine rings is 1. The van der Waals surface area contributed by atoms with E-state index in [1.54, 1.807) is 13.1 Å². The van der Waals surface area contributed by atoms with E-state index in [4.69, 9.17) is 0 Å². The summed E-state index contributed by atoms with van der Waals surface area (Å²) in [6.45, 7) is 5.87. The minimum absolute atomic E-state index is 0.428. The van der Waals surface area contributed by atoms with Crippen molar-refractivity contribution < 1.29 is 5.11 Å². The van der Waals surface area contributed by atoms with Crippen LogP contribution in [0.25, 0.3) is 0 Å². The van der Waals surface area contributed by atoms with E-state index in [9.17, 15) is 5.11 Å². The summed E-state index contributed by atoms with van der Waals surface area (Å²) in [5.41, 5.74) is 2.31. The van der Waals surface area contributed by atoms with E-state index in [2.05, 4.69) is 22.9 Å². The molecule has 3 heteroatoms. The predicted octanol–water partition coefficient (Wildman–Crippen LogP) is 2.29. The molecule has 1 aromatic heterocycles. The minimum Gasteiger partial charge on any atom is -0.389 e. The van der Waals surface area contributed by atoms with Crippen molar-refractivity contribution in [3.63, 3.8) is 0 Å². The van der Waals surface area contributed by atoms with Crippen LogP contribution in [0.5, 0.6) is 0 Å². The van der Waals surface area contributed by atoms with Crippen LogP contribution in [0.2, 0.25) is 0 Å². The van der Waals surface area contributed by atoms with Crippen molar-refractivity contribution in [2.45, 2.75) is 26.4 Å². The molecule has 0 amide bonds. The maximum absolute atomic E-state index is 9.54. The standard InChI is InChI=1S/C13H18N2O/c1-10-4-3-7-15(9-10)13-8-12(11(2)16)5-6-14-13/h4-6,8,11,16H,3,7,9H2,1-2H3/t11-/m1/s1. The summed E-state index contributed by atoms with van der Waals surface area (Å²) in [7, 11) is 0. The van der Waals surface area contributed by atoms with Gasteiger partial charge < -0.3 is 10.0 Å². The van der Waals surface area contributed by atoms with Crippen LogP contribution >= 0.6 is 0 Å². The van der Waals surface area contributed by atoms with Crippen LogP contribution in [0, 0.1) is 0 Å². The SMILES string of the molecule is CC1=CCCN(c2cc([C@@H](C)O)ccn2)C1. The summed E-state index contributed by atoms with van der Waals surface area (Å²) in [6, 6.07) is 3.84. The molecule has 86 valence electrons. The minimum atomic E-state index is -0.428. The van der Waals surface area contributed by atoms with Crippen molar-refractivity contribution in [3.05, 3.63) is 35.5 Å². The molecule has 2 heterocycles. The summed E-state index contributed by atoms with van der Waals surface area (Å²) in [4.78, 5) is 6.62. The van der Waals surface area contributed by atoms with Gasteiger partial charge in [0.2, 0.25) is 0 Å². The van der Waals surface area contributed by atoms with Crippen LogP contribution in [0.15, 0.2) is 30.0 Å². The number of anilines is 1. The van der Waals surface area contributed by atoms with Crippen LogP contribution in [0.1, 0.15) is 31.9 Å². The lowest BCUT2D eigenvalue weighted by molar-refractivity contribution is 0.199. The largest absolute Gasteiger partial charge is 0.389 e. The Kier molecular flexibility index (Phi) is 3.25. The van der Waals surface area contributed by atoms with Gasteiger partial charge in [-0.25, -0.2) is 4.98 Å². The molecule has 0 aliphatic carbocycles. The van der Waals surface area contributed by atoms with E-state index in [1.807, 2.05) is 12.1 Å². The van der Waals surface area contributed by atoms with E-state index in [0.29, 0.717) is 0 Å². The third-order valence-electron chi connectivity index (χ3n) is 2.91. The Morgan fingerprint density at radius 1 is 1.50 bits per heavy atom. The first-order valence-electron chi connectivity index (χ1n) is 5.71. The molecule has 0 fully saturated rings. The summed E-state index contributed by atoms with van der Waals surface area (Å²) in [6.07, 6.45) is 4.69. The Bertz CT molecular complexity index is 399. The van der Waals surface area contributed by atoms with E-state index in [0.717, 1.165) is 30.9 Å². The van der Waals surface area contributed by atoms with Crippen molar-refractivity contribution in [1.82, 2.24) is 4.98 Å². The van der Waals surface area contributed by atoms with Gasteiger partial charge in [0.05, 0.1) is 6.10 Å². The van der Waals surface area contributed by atoms with E-state index < -0.39 is 6.10 Å². The summed E-state index contributed by atoms with van der Waals surface area (Å²) in [5, 5.41) is 9.54. The second-order valence-electron chi connectivity index (χ2n) is 4.38. The van der Waals surface area contributed by atoms with E-state index in [1.165, 1.54) is 5.57 Å². The van der Waals surface area contributed by atoms with Crippen LogP contribution in [0.3, 0.4) is 0 Å². The van der Waals surface area contributed by atoms with Gasteiger partial charge in [-0.2, -0.15) is 0 Å². The molecular formula is C13H18N2O. The van der Waals surface area contributed by atoms with Gasteiger partial charge in [-0.3, -0.25) is 0 Å². The molecule has 0 saturated carbocycles. The molecule has 1 aromatic rings. The monoisotopic (exact) mass is 218 g/mol. The normalized spacial score (nSPS) is 18.2. The van der Waals surface area contributed by atoms with Gasteiger partial charge in [-0.15, -0.1) is 0 Å². The molecular weight excluding hydrogens is 200 g/mol. The Morgan fingerprint density at radius 3 is 3.00 bits per heavy atom. The average molecular weight is 218 g/mol. The van der Waals surface area contributed by atoms with Crippen LogP contribution in [-0.4, -0.2) is 23.2 Å². The highest BCUT2D eigenvalue weighted by molar-refractivity contribution is 5.44. The Hall–Kier alpha value is -1.35. The van der Waals surface area contributed by atoms with Crippen molar-refractivity contribution in [3.8, 4) is 0 Å². The lowest BCUT2D eigenvalue weighted by Gasteiger charge is -2.27. The van der Waals surface area contributed by atoms with Crippen molar-refractivity contribution in [2.75, 3.05) is 18.0 Å². The number of hydrogen-bond acceptors (Lipinski definition) is 3. The molecule has 0 saturated heterocycles. The second kappa shape index (κ2) is 4.66. The molecule has 1 aliphatic heterocycles. The summed E-state index contributed by atoms with van der Waals surface area (Å²) in [5.74, 6) is 0.964. The number of hydrogen-bond donors (Lipinski definition) is 1. The van der Waals surface area contributed by atoms with Crippen LogP contribution in [0.4, 0.5) is 5.82 Å². The van der Waals surface area contributed by atoms with Crippen molar-refractivity contribution in [1.29, 1.82) is 0 Å². The van der Waals surface area contributed by atoms with Crippen molar-refractivity contribution in [2.24, 2.45) is 0 Å². The first-order chi connectivity index (χ1) is 7.66. The van der Waals surface area contributed by atoms with Gasteiger partial charge in [0, 0.05) is 19.3 Å². The third kappa shape index (κ3) is 2.42. The topological polar surface area (TPSA) is 36.4 Å². The average Bonchev–Trinajstić information content (AvgIpc) is 2.29. The first-order valence-corrected chi connectivity index (χ1v) is 5.71. The zero-order valence-corrected chi connectivity index (χ0v) is 9.85. The van der Waals surface area contributed by atoms with Gasteiger partial charge in [0.15, 0.2) is 0 Å². The smallest absolute Gasteiger partial charge is 0.129 e. The lowest BCUT2D eigenvalue weighted by Crippen LogP contribution is -2.29. The Morgan fingerprint density at radius 2 is 2.31 bits per heavy atom. The van der Waals surface area contributed by atoms with Gasteiger partial charge in [-0.05, 0) is 38.0 Å². The molecule has 0 radical (unpaired) electrons. The highest BCUT2D eigenvalue weighted by Gasteiger charge is 2.12. The predicted molar refractivity (Wildman–Crippen MR) is 65.5 cm³/mol. The molecule has 16 heavy (non-hydrogen) atoms. The molecule has 0 aromatic carbocycles. The summed E-state index contributed by atoms with van der Waals surface area (Å²) < 4.78 is 0. The first kappa shape index (κ1) is 11.1. The fourth-order valence-electron chi connectivity index (χ4n) is 1.97. The van der Waals surface area contributed by atoms with Gasteiger partial charge in [0.25, 0.3) is 0 Å². The molecule has 0 spiro atoms. The number of aliphatic hydroxyl groups is 1. The quantitative estimate of drug-likeness (QED) is 0.774. The Labute approximate surface area is 96.4 Å². The van der Waals surface area contributed by atoms with E-state index >= 15 is 0 Å². The zero-order chi connectivity index (χ0) is 11.5. The van der Waals surface area contributed by atoms with Crippen LogP contribution in [-0.2, 0) is 0 Å². The zero-order valence-electron chi connectivity index (χ0n) is 9.85. The molecule has 1 N–H and O–H groups in total. The number of rotatable bonds is 2. The molecule has 3 nitrogen and oxygen atoms in total. The molecule has 1 atom stereocenters. The summed E-state index contributed by atoms with van der Waals surface area (Å²) >= 11 is 0. The van der Waals surface area contributed by atoms with Crippen LogP contribution < -0.4 is 4.90 Å². The maximum atomic E-state index is 9.54. The number of aromatic nitrogens is 1. The number of aliphatic hydroxyl groups excluding tert-OH is 1. The van der Waals surface area contributed by atoms with Gasteiger partial charge in [-0.1, -0.05) is 11.6 Å². The maximum Gasteiger partial charge on any atom is 0.129 e. The number of nitrogens with zero attached hydrogens (tertiary/aromatic N) is 2. The fraction of sp³-hybridized carbons (Fsp3) is 0.462. The lowest BCUT2D eigenvalue weighted by atomic mass is 10.1. The highest BCUT2D eigenvalue weighted by Crippen LogP contribution is 2.21. The molecule has 0 bridgehead atoms. The highest BCUT2D eigenvalue weighted by atomic mass is 16.3. The van der Waals surface area contributed by atoms with Crippen molar-refractivity contribution >= 4 is 5.82 Å². The fourth-order valence-corrected chi connectivity index (χ4v) is 1.97. The molecule has 1 aliphatic rings. The van der Waals surface area contributed by atoms with E-state index in [-0.39, 0.29) is 0 Å². The third-order valence-corrected chi connectivity index (χ3v) is 2.91. The van der Waals surface area contributed by atoms with Gasteiger partial charge in [0.1, 0.15) is 5.82 Å². The second-order valence-corrected chi connectivity index (χ2v) is 4.38. The molecule has 0 unspecified atom stereocenters. The van der Waals surface area contributed by atoms with Gasteiger partial charge >= 0.3 is 0 Å². The Balaban J connectivity index is 2.20.